The van der Waals surface area contributed by atoms with Crippen molar-refractivity contribution < 1.29 is 9.21 Å². The Morgan fingerprint density at radius 3 is 2.86 bits per heavy atom. The van der Waals surface area contributed by atoms with E-state index < -0.39 is 0 Å². The number of aryl methyl sites for hydroxylation is 1. The number of amides is 1. The van der Waals surface area contributed by atoms with Crippen LogP contribution in [0.25, 0.3) is 11.0 Å². The topological polar surface area (TPSA) is 74.6 Å². The van der Waals surface area contributed by atoms with Gasteiger partial charge in [0, 0.05) is 49.4 Å². The highest BCUT2D eigenvalue weighted by Gasteiger charge is 2.14. The summed E-state index contributed by atoms with van der Waals surface area (Å²) < 4.78 is 5.19. The van der Waals surface area contributed by atoms with Crippen LogP contribution in [0.1, 0.15) is 5.56 Å². The van der Waals surface area contributed by atoms with Gasteiger partial charge in [-0.05, 0) is 24.6 Å². The maximum atomic E-state index is 12.1. The number of piperazine rings is 1. The molecule has 1 aromatic heterocycles. The molecule has 3 rings (SSSR count). The first-order valence-corrected chi connectivity index (χ1v) is 7.39. The molecule has 1 aliphatic rings. The van der Waals surface area contributed by atoms with Gasteiger partial charge in [0.15, 0.2) is 0 Å². The van der Waals surface area contributed by atoms with Gasteiger partial charge < -0.3 is 15.1 Å². The zero-order chi connectivity index (χ0) is 15.5. The van der Waals surface area contributed by atoms with Crippen LogP contribution < -0.4 is 16.3 Å². The fourth-order valence-corrected chi connectivity index (χ4v) is 2.68. The molecule has 6 nitrogen and oxygen atoms in total. The standard InChI is InChI=1S/C16H19N3O3/c1-11-8-16(21)22-14-9-12(2-3-13(11)14)18-15(20)10-19-6-4-17-5-7-19/h2-3,8-9,17H,4-7,10H2,1H3,(H,18,20). The lowest BCUT2D eigenvalue weighted by molar-refractivity contribution is -0.117. The van der Waals surface area contributed by atoms with Crippen LogP contribution in [-0.4, -0.2) is 43.5 Å². The lowest BCUT2D eigenvalue weighted by atomic mass is 10.1. The Balaban J connectivity index is 1.73. The van der Waals surface area contributed by atoms with Crippen molar-refractivity contribution in [3.63, 3.8) is 0 Å². The second kappa shape index (κ2) is 6.29. The van der Waals surface area contributed by atoms with E-state index in [0.717, 1.165) is 37.1 Å². The summed E-state index contributed by atoms with van der Waals surface area (Å²) in [7, 11) is 0. The molecule has 0 saturated carbocycles. The number of fused-ring (bicyclic) bond motifs is 1. The lowest BCUT2D eigenvalue weighted by Crippen LogP contribution is -2.46. The highest BCUT2D eigenvalue weighted by atomic mass is 16.4. The van der Waals surface area contributed by atoms with Crippen LogP contribution in [0.5, 0.6) is 0 Å². The quantitative estimate of drug-likeness (QED) is 0.826. The maximum Gasteiger partial charge on any atom is 0.336 e. The Labute approximate surface area is 128 Å². The largest absolute Gasteiger partial charge is 0.423 e. The maximum absolute atomic E-state index is 12.1. The van der Waals surface area contributed by atoms with Crippen molar-refractivity contribution in [3.05, 3.63) is 40.2 Å². The summed E-state index contributed by atoms with van der Waals surface area (Å²) in [6.07, 6.45) is 0. The number of carbonyl (C=O) groups excluding carboxylic acids is 1. The molecule has 6 heteroatoms. The number of nitrogens with zero attached hydrogens (tertiary/aromatic N) is 1. The molecule has 1 amide bonds. The molecule has 2 heterocycles. The fraction of sp³-hybridized carbons (Fsp3) is 0.375. The molecule has 1 aromatic carbocycles. The third-order valence-electron chi connectivity index (χ3n) is 3.81. The highest BCUT2D eigenvalue weighted by Crippen LogP contribution is 2.20. The predicted molar refractivity (Wildman–Crippen MR) is 85.2 cm³/mol. The summed E-state index contributed by atoms with van der Waals surface area (Å²) in [5.74, 6) is -0.0590. The van der Waals surface area contributed by atoms with E-state index in [1.165, 1.54) is 6.07 Å². The molecule has 1 aliphatic heterocycles. The number of anilines is 1. The second-order valence-corrected chi connectivity index (χ2v) is 5.53. The Hall–Kier alpha value is -2.18. The molecule has 0 spiro atoms. The average molecular weight is 301 g/mol. The molecule has 1 saturated heterocycles. The zero-order valence-electron chi connectivity index (χ0n) is 12.5. The number of rotatable bonds is 3. The van der Waals surface area contributed by atoms with Crippen molar-refractivity contribution in [2.24, 2.45) is 0 Å². The van der Waals surface area contributed by atoms with Crippen LogP contribution in [0, 0.1) is 6.92 Å². The minimum absolute atomic E-state index is 0.0590. The van der Waals surface area contributed by atoms with Gasteiger partial charge in [0.2, 0.25) is 5.91 Å². The van der Waals surface area contributed by atoms with E-state index in [1.54, 1.807) is 6.07 Å². The molecule has 22 heavy (non-hydrogen) atoms. The first-order valence-electron chi connectivity index (χ1n) is 7.39. The monoisotopic (exact) mass is 301 g/mol. The molecule has 2 aromatic rings. The van der Waals surface area contributed by atoms with E-state index in [4.69, 9.17) is 4.42 Å². The first-order chi connectivity index (χ1) is 10.6. The smallest absolute Gasteiger partial charge is 0.336 e. The van der Waals surface area contributed by atoms with Crippen molar-refractivity contribution in [2.45, 2.75) is 6.92 Å². The third kappa shape index (κ3) is 3.35. The van der Waals surface area contributed by atoms with Crippen molar-refractivity contribution in [3.8, 4) is 0 Å². The van der Waals surface area contributed by atoms with E-state index in [2.05, 4.69) is 15.5 Å². The predicted octanol–water partition coefficient (Wildman–Crippen LogP) is 0.945. The highest BCUT2D eigenvalue weighted by molar-refractivity contribution is 5.94. The zero-order valence-corrected chi connectivity index (χ0v) is 12.5. The van der Waals surface area contributed by atoms with Gasteiger partial charge in [0.1, 0.15) is 5.58 Å². The van der Waals surface area contributed by atoms with Crippen molar-refractivity contribution >= 4 is 22.6 Å². The Bertz CT molecular complexity index is 748. The summed E-state index contributed by atoms with van der Waals surface area (Å²) in [5.41, 5.74) is 1.62. The van der Waals surface area contributed by atoms with Crippen LogP contribution in [0.3, 0.4) is 0 Å². The minimum Gasteiger partial charge on any atom is -0.423 e. The molecular weight excluding hydrogens is 282 g/mol. The van der Waals surface area contributed by atoms with Gasteiger partial charge in [-0.25, -0.2) is 4.79 Å². The van der Waals surface area contributed by atoms with Crippen LogP contribution >= 0.6 is 0 Å². The SMILES string of the molecule is Cc1cc(=O)oc2cc(NC(=O)CN3CCNCC3)ccc12. The molecule has 0 unspecified atom stereocenters. The summed E-state index contributed by atoms with van der Waals surface area (Å²) >= 11 is 0. The van der Waals surface area contributed by atoms with Crippen LogP contribution in [-0.2, 0) is 4.79 Å². The fourth-order valence-electron chi connectivity index (χ4n) is 2.68. The average Bonchev–Trinajstić information content (AvgIpc) is 2.47. The van der Waals surface area contributed by atoms with E-state index in [1.807, 2.05) is 19.1 Å². The van der Waals surface area contributed by atoms with Gasteiger partial charge in [-0.15, -0.1) is 0 Å². The van der Waals surface area contributed by atoms with E-state index in [0.29, 0.717) is 17.8 Å². The van der Waals surface area contributed by atoms with Crippen LogP contribution in [0.2, 0.25) is 0 Å². The van der Waals surface area contributed by atoms with Gasteiger partial charge in [0.25, 0.3) is 0 Å². The van der Waals surface area contributed by atoms with Gasteiger partial charge >= 0.3 is 5.63 Å². The number of nitrogens with one attached hydrogen (secondary N) is 2. The van der Waals surface area contributed by atoms with Crippen molar-refractivity contribution in [1.29, 1.82) is 0 Å². The van der Waals surface area contributed by atoms with Gasteiger partial charge in [-0.1, -0.05) is 0 Å². The Kier molecular flexibility index (Phi) is 4.22. The van der Waals surface area contributed by atoms with Gasteiger partial charge in [-0.3, -0.25) is 9.69 Å². The number of hydrogen-bond acceptors (Lipinski definition) is 5. The third-order valence-corrected chi connectivity index (χ3v) is 3.81. The molecule has 0 aliphatic carbocycles. The van der Waals surface area contributed by atoms with Crippen molar-refractivity contribution in [2.75, 3.05) is 38.0 Å². The van der Waals surface area contributed by atoms with E-state index in [-0.39, 0.29) is 11.5 Å². The summed E-state index contributed by atoms with van der Waals surface area (Å²) in [4.78, 5) is 25.6. The molecule has 0 radical (unpaired) electrons. The lowest BCUT2D eigenvalue weighted by Gasteiger charge is -2.26. The van der Waals surface area contributed by atoms with Crippen molar-refractivity contribution in [1.82, 2.24) is 10.2 Å². The van der Waals surface area contributed by atoms with Crippen LogP contribution in [0.15, 0.2) is 33.5 Å². The molecule has 2 N–H and O–H groups in total. The molecule has 0 bridgehead atoms. The minimum atomic E-state index is -0.380. The molecule has 116 valence electrons. The Morgan fingerprint density at radius 1 is 1.32 bits per heavy atom. The Morgan fingerprint density at radius 2 is 2.09 bits per heavy atom. The van der Waals surface area contributed by atoms with Gasteiger partial charge in [0.05, 0.1) is 6.54 Å². The number of hydrogen-bond donors (Lipinski definition) is 2. The first kappa shape index (κ1) is 14.7. The van der Waals surface area contributed by atoms with E-state index >= 15 is 0 Å². The molecule has 1 fully saturated rings. The number of carbonyl (C=O) groups is 1. The molecule has 0 atom stereocenters. The molecular formula is C16H19N3O3. The normalized spacial score (nSPS) is 15.9. The van der Waals surface area contributed by atoms with Crippen LogP contribution in [0.4, 0.5) is 5.69 Å². The summed E-state index contributed by atoms with van der Waals surface area (Å²) in [6, 6.07) is 6.84. The van der Waals surface area contributed by atoms with Gasteiger partial charge in [-0.2, -0.15) is 0 Å². The number of benzene rings is 1. The summed E-state index contributed by atoms with van der Waals surface area (Å²) in [5, 5.41) is 6.98. The second-order valence-electron chi connectivity index (χ2n) is 5.53. The summed E-state index contributed by atoms with van der Waals surface area (Å²) in [6.45, 7) is 5.80. The van der Waals surface area contributed by atoms with E-state index in [9.17, 15) is 9.59 Å².